The van der Waals surface area contributed by atoms with Crippen LogP contribution in [0.4, 0.5) is 5.82 Å². The van der Waals surface area contributed by atoms with Crippen LogP contribution in [-0.4, -0.2) is 28.3 Å². The fourth-order valence-electron chi connectivity index (χ4n) is 3.81. The lowest BCUT2D eigenvalue weighted by Crippen LogP contribution is -2.20. The molecule has 0 bridgehead atoms. The molecule has 1 aromatic heterocycles. The first-order chi connectivity index (χ1) is 14.1. The summed E-state index contributed by atoms with van der Waals surface area (Å²) in [5.41, 5.74) is 4.21. The fraction of sp³-hybridized carbons (Fsp3) is 0.304. The Morgan fingerprint density at radius 1 is 1.14 bits per heavy atom. The first-order valence-electron chi connectivity index (χ1n) is 9.82. The van der Waals surface area contributed by atoms with Gasteiger partial charge < -0.3 is 15.2 Å². The average Bonchev–Trinajstić information content (AvgIpc) is 3.15. The van der Waals surface area contributed by atoms with Crippen molar-refractivity contribution in [3.63, 3.8) is 0 Å². The van der Waals surface area contributed by atoms with E-state index in [-0.39, 0.29) is 12.5 Å². The number of aliphatic hydroxyl groups is 1. The number of rotatable bonds is 7. The van der Waals surface area contributed by atoms with E-state index in [1.54, 1.807) is 7.11 Å². The highest BCUT2D eigenvalue weighted by Gasteiger charge is 2.32. The summed E-state index contributed by atoms with van der Waals surface area (Å²) in [6.07, 6.45) is 2.37. The highest BCUT2D eigenvalue weighted by Crippen LogP contribution is 2.47. The molecule has 6 heteroatoms. The maximum absolute atomic E-state index is 12.3. The third-order valence-electron chi connectivity index (χ3n) is 5.57. The zero-order chi connectivity index (χ0) is 20.2. The van der Waals surface area contributed by atoms with Gasteiger partial charge in [0.15, 0.2) is 5.82 Å². The van der Waals surface area contributed by atoms with Crippen molar-refractivity contribution in [3.8, 4) is 5.75 Å². The molecule has 150 valence electrons. The molecule has 1 fully saturated rings. The van der Waals surface area contributed by atoms with Crippen LogP contribution in [0.3, 0.4) is 0 Å². The highest BCUT2D eigenvalue weighted by atomic mass is 16.5. The number of aromatic nitrogens is 2. The fourth-order valence-corrected chi connectivity index (χ4v) is 3.81. The van der Waals surface area contributed by atoms with Gasteiger partial charge in [-0.25, -0.2) is 0 Å². The van der Waals surface area contributed by atoms with E-state index in [1.165, 1.54) is 5.56 Å². The molecule has 1 aliphatic carbocycles. The third-order valence-corrected chi connectivity index (χ3v) is 5.57. The van der Waals surface area contributed by atoms with Crippen LogP contribution in [0.2, 0.25) is 0 Å². The zero-order valence-corrected chi connectivity index (χ0v) is 16.4. The lowest BCUT2D eigenvalue weighted by molar-refractivity contribution is -0.115. The second kappa shape index (κ2) is 8.49. The Hall–Kier alpha value is -3.12. The largest absolute Gasteiger partial charge is 0.497 e. The van der Waals surface area contributed by atoms with Crippen molar-refractivity contribution < 1.29 is 14.6 Å². The normalized spacial score (nSPS) is 18.1. The summed E-state index contributed by atoms with van der Waals surface area (Å²) in [6, 6.07) is 17.5. The first-order valence-corrected chi connectivity index (χ1v) is 9.82. The minimum Gasteiger partial charge on any atom is -0.497 e. The van der Waals surface area contributed by atoms with Gasteiger partial charge in [-0.05, 0) is 47.6 Å². The summed E-state index contributed by atoms with van der Waals surface area (Å²) in [5, 5.41) is 19.5. The van der Waals surface area contributed by atoms with Crippen molar-refractivity contribution in [2.75, 3.05) is 12.4 Å². The molecular weight excluding hydrogens is 366 g/mol. The molecule has 0 radical (unpaired) electrons. The van der Waals surface area contributed by atoms with E-state index in [9.17, 15) is 9.90 Å². The van der Waals surface area contributed by atoms with Gasteiger partial charge in [-0.3, -0.25) is 9.89 Å². The second-order valence-electron chi connectivity index (χ2n) is 7.55. The van der Waals surface area contributed by atoms with Crippen LogP contribution < -0.4 is 10.1 Å². The predicted octanol–water partition coefficient (Wildman–Crippen LogP) is 3.75. The van der Waals surface area contributed by atoms with Gasteiger partial charge in [-0.15, -0.1) is 0 Å². The van der Waals surface area contributed by atoms with E-state index in [1.807, 2.05) is 42.5 Å². The number of amides is 1. The van der Waals surface area contributed by atoms with Gasteiger partial charge in [0.2, 0.25) is 5.91 Å². The highest BCUT2D eigenvalue weighted by molar-refractivity contribution is 5.91. The van der Waals surface area contributed by atoms with Crippen molar-refractivity contribution in [2.45, 2.75) is 37.7 Å². The van der Waals surface area contributed by atoms with Gasteiger partial charge >= 0.3 is 0 Å². The number of hydrogen-bond acceptors (Lipinski definition) is 4. The van der Waals surface area contributed by atoms with Gasteiger partial charge in [0.05, 0.1) is 20.1 Å². The Bertz CT molecular complexity index is 975. The molecule has 0 saturated heterocycles. The molecule has 1 heterocycles. The monoisotopic (exact) mass is 391 g/mol. The quantitative estimate of drug-likeness (QED) is 0.572. The van der Waals surface area contributed by atoms with E-state index in [0.29, 0.717) is 24.1 Å². The predicted molar refractivity (Wildman–Crippen MR) is 111 cm³/mol. The molecule has 0 atom stereocenters. The zero-order valence-electron chi connectivity index (χ0n) is 16.4. The Kier molecular flexibility index (Phi) is 5.62. The van der Waals surface area contributed by atoms with Gasteiger partial charge in [0.25, 0.3) is 0 Å². The van der Waals surface area contributed by atoms with Crippen LogP contribution in [0.25, 0.3) is 0 Å². The standard InChI is InChI=1S/C23H25N3O3/c1-29-20-7-5-15(6-8-20)10-23(28)24-22-13-21(25-26-22)19-11-18(12-19)17-4-2-3-16(9-17)14-27/h2-9,13,18-19,27H,10-12,14H2,1H3,(H2,24,25,26,28). The maximum Gasteiger partial charge on any atom is 0.229 e. The number of nitrogens with zero attached hydrogens (tertiary/aromatic N) is 1. The number of hydrogen-bond donors (Lipinski definition) is 3. The minimum atomic E-state index is -0.0967. The third kappa shape index (κ3) is 4.49. The number of benzene rings is 2. The number of aromatic amines is 1. The number of carbonyl (C=O) groups is 1. The van der Waals surface area contributed by atoms with Crippen molar-refractivity contribution >= 4 is 11.7 Å². The molecule has 1 aliphatic rings. The average molecular weight is 391 g/mol. The van der Waals surface area contributed by atoms with Gasteiger partial charge in [-0.1, -0.05) is 36.4 Å². The Labute approximate surface area is 169 Å². The molecule has 3 aromatic rings. The maximum atomic E-state index is 12.3. The summed E-state index contributed by atoms with van der Waals surface area (Å²) in [5.74, 6) is 2.15. The molecule has 2 aromatic carbocycles. The summed E-state index contributed by atoms with van der Waals surface area (Å²) in [7, 11) is 1.62. The smallest absolute Gasteiger partial charge is 0.229 e. The Balaban J connectivity index is 1.30. The molecule has 1 amide bonds. The molecule has 1 saturated carbocycles. The van der Waals surface area contributed by atoms with Crippen LogP contribution in [0.15, 0.2) is 54.6 Å². The molecular formula is C23H25N3O3. The molecule has 0 spiro atoms. The van der Waals surface area contributed by atoms with E-state index in [4.69, 9.17) is 4.74 Å². The number of ether oxygens (including phenoxy) is 1. The molecule has 0 unspecified atom stereocenters. The van der Waals surface area contributed by atoms with Crippen LogP contribution in [-0.2, 0) is 17.8 Å². The van der Waals surface area contributed by atoms with Crippen LogP contribution in [0, 0.1) is 0 Å². The van der Waals surface area contributed by atoms with Crippen LogP contribution >= 0.6 is 0 Å². The summed E-state index contributed by atoms with van der Waals surface area (Å²) >= 11 is 0. The van der Waals surface area contributed by atoms with E-state index in [0.717, 1.165) is 35.4 Å². The number of nitrogens with one attached hydrogen (secondary N) is 2. The van der Waals surface area contributed by atoms with Crippen LogP contribution in [0.1, 0.15) is 47.1 Å². The molecule has 4 rings (SSSR count). The lowest BCUT2D eigenvalue weighted by atomic mass is 9.70. The SMILES string of the molecule is COc1ccc(CC(=O)Nc2cc(C3CC(c4cccc(CO)c4)C3)[nH]n2)cc1. The van der Waals surface area contributed by atoms with Crippen molar-refractivity contribution in [3.05, 3.63) is 77.0 Å². The Morgan fingerprint density at radius 3 is 2.66 bits per heavy atom. The summed E-state index contributed by atoms with van der Waals surface area (Å²) in [6.45, 7) is 0.0735. The lowest BCUT2D eigenvalue weighted by Gasteiger charge is -2.35. The number of aliphatic hydroxyl groups excluding tert-OH is 1. The Morgan fingerprint density at radius 2 is 1.93 bits per heavy atom. The molecule has 3 N–H and O–H groups in total. The van der Waals surface area contributed by atoms with Gasteiger partial charge in [0.1, 0.15) is 5.75 Å². The number of anilines is 1. The minimum absolute atomic E-state index is 0.0735. The number of H-pyrrole nitrogens is 1. The van der Waals surface area contributed by atoms with Gasteiger partial charge in [0, 0.05) is 17.7 Å². The van der Waals surface area contributed by atoms with E-state index in [2.05, 4.69) is 27.6 Å². The number of methoxy groups -OCH3 is 1. The van der Waals surface area contributed by atoms with Gasteiger partial charge in [-0.2, -0.15) is 5.10 Å². The van der Waals surface area contributed by atoms with Crippen LogP contribution in [0.5, 0.6) is 5.75 Å². The van der Waals surface area contributed by atoms with E-state index < -0.39 is 0 Å². The number of carbonyl (C=O) groups excluding carboxylic acids is 1. The molecule has 6 nitrogen and oxygen atoms in total. The van der Waals surface area contributed by atoms with Crippen molar-refractivity contribution in [1.82, 2.24) is 10.2 Å². The topological polar surface area (TPSA) is 87.2 Å². The summed E-state index contributed by atoms with van der Waals surface area (Å²) < 4.78 is 5.13. The molecule has 0 aliphatic heterocycles. The second-order valence-corrected chi connectivity index (χ2v) is 7.55. The van der Waals surface area contributed by atoms with E-state index >= 15 is 0 Å². The first kappa shape index (κ1) is 19.2. The van der Waals surface area contributed by atoms with Crippen molar-refractivity contribution in [1.29, 1.82) is 0 Å². The molecule has 29 heavy (non-hydrogen) atoms. The van der Waals surface area contributed by atoms with Crippen molar-refractivity contribution in [2.24, 2.45) is 0 Å². The summed E-state index contributed by atoms with van der Waals surface area (Å²) in [4.78, 5) is 12.3.